The second-order valence-corrected chi connectivity index (χ2v) is 9.57. The Kier molecular flexibility index (Phi) is 7.02. The molecule has 0 aliphatic heterocycles. The second kappa shape index (κ2) is 9.55. The minimum Gasteiger partial charge on any atom is -0.483 e. The van der Waals surface area contributed by atoms with E-state index in [1.54, 1.807) is 7.05 Å². The average molecular weight is 436 g/mol. The summed E-state index contributed by atoms with van der Waals surface area (Å²) in [5.41, 5.74) is 4.39. The highest BCUT2D eigenvalue weighted by atomic mass is 16.5. The van der Waals surface area contributed by atoms with Gasteiger partial charge in [0.15, 0.2) is 6.61 Å². The van der Waals surface area contributed by atoms with E-state index in [0.717, 1.165) is 22.4 Å². The van der Waals surface area contributed by atoms with Crippen LogP contribution < -0.4 is 4.74 Å². The van der Waals surface area contributed by atoms with E-state index in [1.165, 1.54) is 10.5 Å². The maximum absolute atomic E-state index is 12.6. The van der Waals surface area contributed by atoms with Crippen molar-refractivity contribution in [2.75, 3.05) is 13.7 Å². The summed E-state index contributed by atoms with van der Waals surface area (Å²) >= 11 is 0. The van der Waals surface area contributed by atoms with E-state index in [9.17, 15) is 4.79 Å². The first-order valence-corrected chi connectivity index (χ1v) is 11.0. The van der Waals surface area contributed by atoms with Crippen molar-refractivity contribution < 1.29 is 14.1 Å². The molecule has 3 aromatic rings. The minimum absolute atomic E-state index is 0.0467. The van der Waals surface area contributed by atoms with Gasteiger partial charge in [-0.25, -0.2) is 0 Å². The van der Waals surface area contributed by atoms with E-state index in [-0.39, 0.29) is 24.5 Å². The Bertz CT molecular complexity index is 1060. The van der Waals surface area contributed by atoms with Crippen molar-refractivity contribution in [3.63, 3.8) is 0 Å². The van der Waals surface area contributed by atoms with Crippen molar-refractivity contribution in [3.05, 3.63) is 65.0 Å². The molecule has 1 aromatic heterocycles. The number of aromatic nitrogens is 2. The smallest absolute Gasteiger partial charge is 0.260 e. The Hall–Kier alpha value is -3.15. The van der Waals surface area contributed by atoms with Gasteiger partial charge in [-0.2, -0.15) is 4.98 Å². The fourth-order valence-electron chi connectivity index (χ4n) is 3.34. The lowest BCUT2D eigenvalue weighted by atomic mass is 9.87. The molecule has 1 heterocycles. The van der Waals surface area contributed by atoms with Crippen LogP contribution in [-0.2, 0) is 16.8 Å². The quantitative estimate of drug-likeness (QED) is 0.490. The van der Waals surface area contributed by atoms with E-state index in [4.69, 9.17) is 9.26 Å². The zero-order chi connectivity index (χ0) is 23.5. The van der Waals surface area contributed by atoms with Gasteiger partial charge in [-0.3, -0.25) is 4.79 Å². The van der Waals surface area contributed by atoms with E-state index < -0.39 is 0 Å². The summed E-state index contributed by atoms with van der Waals surface area (Å²) < 4.78 is 11.2. The predicted molar refractivity (Wildman–Crippen MR) is 126 cm³/mol. The number of ether oxygens (including phenoxy) is 1. The van der Waals surface area contributed by atoms with Crippen LogP contribution in [0.5, 0.6) is 5.75 Å². The summed E-state index contributed by atoms with van der Waals surface area (Å²) in [6.07, 6.45) is 0. The van der Waals surface area contributed by atoms with Gasteiger partial charge in [0.05, 0.1) is 6.54 Å². The molecule has 170 valence electrons. The number of likely N-dealkylation sites (N-methyl/N-ethyl adjacent to an activating group) is 1. The van der Waals surface area contributed by atoms with Crippen molar-refractivity contribution in [1.82, 2.24) is 15.0 Å². The van der Waals surface area contributed by atoms with Crippen molar-refractivity contribution in [2.45, 2.75) is 59.4 Å². The molecule has 6 heteroatoms. The Morgan fingerprint density at radius 2 is 1.81 bits per heavy atom. The number of carbonyl (C=O) groups excluding carboxylic acids is 1. The monoisotopic (exact) mass is 435 g/mol. The summed E-state index contributed by atoms with van der Waals surface area (Å²) in [7, 11) is 1.70. The van der Waals surface area contributed by atoms with Gasteiger partial charge in [0, 0.05) is 12.6 Å². The molecular weight excluding hydrogens is 402 g/mol. The summed E-state index contributed by atoms with van der Waals surface area (Å²) in [6.45, 7) is 12.9. The number of hydrogen-bond acceptors (Lipinski definition) is 5. The first kappa shape index (κ1) is 23.5. The SMILES string of the molecule is Cc1ccc(C(C)C)c(OCC(=O)N(C)Cc2nc(-c3ccc(C(C)(C)C)cc3)no2)c1. The highest BCUT2D eigenvalue weighted by Gasteiger charge is 2.18. The molecule has 0 N–H and O–H groups in total. The van der Waals surface area contributed by atoms with Crippen LogP contribution in [0.2, 0.25) is 0 Å². The first-order chi connectivity index (χ1) is 15.0. The fraction of sp³-hybridized carbons (Fsp3) is 0.423. The topological polar surface area (TPSA) is 68.5 Å². The van der Waals surface area contributed by atoms with Crippen molar-refractivity contribution >= 4 is 5.91 Å². The third kappa shape index (κ3) is 5.75. The number of benzene rings is 2. The zero-order valence-corrected chi connectivity index (χ0v) is 20.1. The molecule has 32 heavy (non-hydrogen) atoms. The lowest BCUT2D eigenvalue weighted by Gasteiger charge is -2.18. The molecular formula is C26H33N3O3. The van der Waals surface area contributed by atoms with Gasteiger partial charge < -0.3 is 14.2 Å². The largest absolute Gasteiger partial charge is 0.483 e. The molecule has 3 rings (SSSR count). The number of nitrogens with zero attached hydrogens (tertiary/aromatic N) is 3. The van der Waals surface area contributed by atoms with Gasteiger partial charge in [0.25, 0.3) is 5.91 Å². The molecule has 2 aromatic carbocycles. The molecule has 1 amide bonds. The predicted octanol–water partition coefficient (Wildman–Crippen LogP) is 5.50. The number of carbonyl (C=O) groups is 1. The van der Waals surface area contributed by atoms with Gasteiger partial charge in [0.1, 0.15) is 5.75 Å². The van der Waals surface area contributed by atoms with Crippen LogP contribution in [-0.4, -0.2) is 34.6 Å². The van der Waals surface area contributed by atoms with Crippen LogP contribution >= 0.6 is 0 Å². The molecule has 0 fully saturated rings. The maximum atomic E-state index is 12.6. The Labute approximate surface area is 190 Å². The fourth-order valence-corrected chi connectivity index (χ4v) is 3.34. The van der Waals surface area contributed by atoms with Gasteiger partial charge in [-0.1, -0.05) is 76.2 Å². The van der Waals surface area contributed by atoms with Crippen LogP contribution in [0.4, 0.5) is 0 Å². The normalized spacial score (nSPS) is 11.6. The number of rotatable bonds is 7. The maximum Gasteiger partial charge on any atom is 0.260 e. The molecule has 6 nitrogen and oxygen atoms in total. The standard InChI is InChI=1S/C26H33N3O3/c1-17(2)21-13-8-18(3)14-22(21)31-16-24(30)29(7)15-23-27-25(28-32-23)19-9-11-20(12-10-19)26(4,5)6/h8-14,17H,15-16H2,1-7H3. The van der Waals surface area contributed by atoms with Crippen molar-refractivity contribution in [3.8, 4) is 17.1 Å². The van der Waals surface area contributed by atoms with Crippen LogP contribution in [0.1, 0.15) is 63.1 Å². The molecule has 0 aliphatic carbocycles. The van der Waals surface area contributed by atoms with E-state index in [2.05, 4.69) is 69.0 Å². The van der Waals surface area contributed by atoms with Gasteiger partial charge >= 0.3 is 0 Å². The molecule has 0 spiro atoms. The van der Waals surface area contributed by atoms with Crippen LogP contribution in [0.15, 0.2) is 47.0 Å². The van der Waals surface area contributed by atoms with Crippen molar-refractivity contribution in [2.24, 2.45) is 0 Å². The van der Waals surface area contributed by atoms with E-state index in [1.807, 2.05) is 25.1 Å². The first-order valence-electron chi connectivity index (χ1n) is 11.0. The van der Waals surface area contributed by atoms with E-state index in [0.29, 0.717) is 17.6 Å². The molecule has 0 saturated heterocycles. The van der Waals surface area contributed by atoms with Crippen LogP contribution in [0.25, 0.3) is 11.4 Å². The van der Waals surface area contributed by atoms with Gasteiger partial charge in [-0.15, -0.1) is 0 Å². The van der Waals surface area contributed by atoms with Crippen LogP contribution in [0.3, 0.4) is 0 Å². The summed E-state index contributed by atoms with van der Waals surface area (Å²) in [5, 5.41) is 4.07. The summed E-state index contributed by atoms with van der Waals surface area (Å²) in [5.74, 6) is 1.80. The minimum atomic E-state index is -0.157. The third-order valence-electron chi connectivity index (χ3n) is 5.42. The van der Waals surface area contributed by atoms with Crippen LogP contribution in [0, 0.1) is 6.92 Å². The zero-order valence-electron chi connectivity index (χ0n) is 20.1. The summed E-state index contributed by atoms with van der Waals surface area (Å²) in [4.78, 5) is 18.6. The molecule has 0 atom stereocenters. The highest BCUT2D eigenvalue weighted by molar-refractivity contribution is 5.77. The van der Waals surface area contributed by atoms with Gasteiger partial charge in [-0.05, 0) is 41.0 Å². The Balaban J connectivity index is 1.61. The number of hydrogen-bond donors (Lipinski definition) is 0. The molecule has 0 radical (unpaired) electrons. The second-order valence-electron chi connectivity index (χ2n) is 9.57. The van der Waals surface area contributed by atoms with E-state index >= 15 is 0 Å². The number of aryl methyl sites for hydroxylation is 1. The molecule has 0 unspecified atom stereocenters. The summed E-state index contributed by atoms with van der Waals surface area (Å²) in [6, 6.07) is 14.2. The average Bonchev–Trinajstić information content (AvgIpc) is 3.19. The molecule has 0 bridgehead atoms. The molecule has 0 saturated carbocycles. The Morgan fingerprint density at radius 1 is 1.12 bits per heavy atom. The number of amides is 1. The Morgan fingerprint density at radius 3 is 2.44 bits per heavy atom. The van der Waals surface area contributed by atoms with Gasteiger partial charge in [0.2, 0.25) is 11.7 Å². The van der Waals surface area contributed by atoms with Crippen molar-refractivity contribution in [1.29, 1.82) is 0 Å². The highest BCUT2D eigenvalue weighted by Crippen LogP contribution is 2.28. The molecule has 0 aliphatic rings. The lowest BCUT2D eigenvalue weighted by molar-refractivity contribution is -0.132. The lowest BCUT2D eigenvalue weighted by Crippen LogP contribution is -2.31. The third-order valence-corrected chi connectivity index (χ3v) is 5.42.